The number of rotatable bonds is 4. The molecule has 0 aliphatic rings. The van der Waals surface area contributed by atoms with Gasteiger partial charge in [-0.3, -0.25) is 0 Å². The Bertz CT molecular complexity index is 653. The van der Waals surface area contributed by atoms with E-state index in [0.717, 1.165) is 24.4 Å². The molecule has 0 bridgehead atoms. The number of hydrogen-bond donors (Lipinski definition) is 3. The van der Waals surface area contributed by atoms with Gasteiger partial charge in [-0.05, 0) is 18.2 Å². The van der Waals surface area contributed by atoms with Gasteiger partial charge < -0.3 is 14.9 Å². The van der Waals surface area contributed by atoms with Gasteiger partial charge in [0.05, 0.1) is 16.7 Å². The molecule has 1 heterocycles. The number of nitrogens with zero attached hydrogens (tertiary/aromatic N) is 2. The first-order chi connectivity index (χ1) is 9.47. The van der Waals surface area contributed by atoms with Gasteiger partial charge in [-0.15, -0.1) is 5.10 Å². The van der Waals surface area contributed by atoms with Crippen LogP contribution >= 0.6 is 0 Å². The van der Waals surface area contributed by atoms with Crippen molar-refractivity contribution in [2.45, 2.75) is 0 Å². The zero-order valence-electron chi connectivity index (χ0n) is 10.4. The maximum absolute atomic E-state index is 11.8. The number of aromatic amines is 1. The van der Waals surface area contributed by atoms with Crippen LogP contribution in [-0.2, 0) is 27.3 Å². The minimum Gasteiger partial charge on any atom is -0.478 e. The minimum absolute atomic E-state index is 0. The summed E-state index contributed by atoms with van der Waals surface area (Å²) in [6, 6.07) is 2.96. The molecule has 0 unspecified atom stereocenters. The Balaban J connectivity index is 0.00000220. The molecule has 0 amide bonds. The number of H-pyrrole nitrogens is 1. The summed E-state index contributed by atoms with van der Waals surface area (Å²) in [4.78, 5) is 33.6. The third kappa shape index (κ3) is 4.08. The number of esters is 1. The second-order valence-electron chi connectivity index (χ2n) is 3.61. The number of nitrogens with one attached hydrogen (secondary N) is 1. The topological polar surface area (TPSA) is 142 Å². The van der Waals surface area contributed by atoms with E-state index in [9.17, 15) is 14.4 Å². The molecule has 104 valence electrons. The normalized spacial score (nSPS) is 9.52. The Morgan fingerprint density at radius 3 is 1.95 bits per heavy atom. The quantitative estimate of drug-likeness (QED) is 0.504. The van der Waals surface area contributed by atoms with Crippen molar-refractivity contribution in [3.8, 4) is 5.88 Å². The monoisotopic (exact) mass is 391 g/mol. The molecule has 9 nitrogen and oxygen atoms in total. The van der Waals surface area contributed by atoms with Crippen LogP contribution in [0, 0.1) is 0 Å². The summed E-state index contributed by atoms with van der Waals surface area (Å²) in [5, 5.41) is 26.9. The van der Waals surface area contributed by atoms with Crippen molar-refractivity contribution >= 4 is 17.9 Å². The summed E-state index contributed by atoms with van der Waals surface area (Å²) in [6.45, 7) is 0. The van der Waals surface area contributed by atoms with Crippen molar-refractivity contribution in [1.82, 2.24) is 15.4 Å². The molecule has 0 saturated heterocycles. The SMILES string of the molecule is O=C(O)c1cc(C(=O)O)cc(C(=O)Oc2cn[nH]n2)c1.[Cd]. The first-order valence-electron chi connectivity index (χ1n) is 5.17. The van der Waals surface area contributed by atoms with Crippen molar-refractivity contribution in [3.05, 3.63) is 41.1 Å². The number of carbonyl (C=O) groups is 3. The fraction of sp³-hybridized carbons (Fsp3) is 0. The van der Waals surface area contributed by atoms with Gasteiger partial charge in [-0.1, -0.05) is 0 Å². The van der Waals surface area contributed by atoms with E-state index in [2.05, 4.69) is 15.4 Å². The molecule has 1 aromatic carbocycles. The van der Waals surface area contributed by atoms with E-state index in [4.69, 9.17) is 14.9 Å². The van der Waals surface area contributed by atoms with Gasteiger partial charge in [-0.2, -0.15) is 10.3 Å². The molecule has 1 aromatic heterocycles. The first-order valence-corrected chi connectivity index (χ1v) is 5.17. The summed E-state index contributed by atoms with van der Waals surface area (Å²) in [7, 11) is 0. The smallest absolute Gasteiger partial charge is 0.345 e. The summed E-state index contributed by atoms with van der Waals surface area (Å²) in [5.41, 5.74) is -0.890. The molecule has 0 spiro atoms. The Kier molecular flexibility index (Phi) is 5.52. The molecule has 2 rings (SSSR count). The van der Waals surface area contributed by atoms with Crippen LogP contribution in [0.2, 0.25) is 0 Å². The number of carbonyl (C=O) groups excluding carboxylic acids is 1. The van der Waals surface area contributed by atoms with Crippen molar-refractivity contribution in [3.63, 3.8) is 0 Å². The molecule has 2 aromatic rings. The summed E-state index contributed by atoms with van der Waals surface area (Å²) < 4.78 is 4.78. The number of ether oxygens (including phenoxy) is 1. The van der Waals surface area contributed by atoms with Crippen molar-refractivity contribution < 1.29 is 56.6 Å². The van der Waals surface area contributed by atoms with E-state index in [1.54, 1.807) is 0 Å². The Morgan fingerprint density at radius 2 is 1.52 bits per heavy atom. The predicted octanol–water partition coefficient (Wildman–Crippen LogP) is 0.418. The van der Waals surface area contributed by atoms with Crippen LogP contribution in [0.3, 0.4) is 0 Å². The fourth-order valence-corrected chi connectivity index (χ4v) is 1.39. The van der Waals surface area contributed by atoms with E-state index in [1.165, 1.54) is 0 Å². The van der Waals surface area contributed by atoms with Crippen molar-refractivity contribution in [2.75, 3.05) is 0 Å². The number of hydrogen-bond acceptors (Lipinski definition) is 6. The molecular weight excluding hydrogens is 383 g/mol. The molecular formula is C11H7CdN3O6. The number of carboxylic acid groups (broad SMARTS) is 2. The summed E-state index contributed by atoms with van der Waals surface area (Å²) in [5.74, 6) is -3.77. The third-order valence-corrected chi connectivity index (χ3v) is 2.25. The second-order valence-corrected chi connectivity index (χ2v) is 3.61. The van der Waals surface area contributed by atoms with Gasteiger partial charge in [0.15, 0.2) is 0 Å². The molecule has 0 atom stereocenters. The van der Waals surface area contributed by atoms with Crippen LogP contribution in [0.4, 0.5) is 0 Å². The van der Waals surface area contributed by atoms with Crippen LogP contribution in [0.15, 0.2) is 24.4 Å². The molecule has 0 radical (unpaired) electrons. The van der Waals surface area contributed by atoms with Crippen LogP contribution in [0.5, 0.6) is 5.88 Å². The molecule has 21 heavy (non-hydrogen) atoms. The molecule has 0 aliphatic heterocycles. The Morgan fingerprint density at radius 1 is 1.00 bits per heavy atom. The molecule has 0 saturated carbocycles. The number of aromatic nitrogens is 3. The van der Waals surface area contributed by atoms with Crippen molar-refractivity contribution in [1.29, 1.82) is 0 Å². The predicted molar refractivity (Wildman–Crippen MR) is 61.7 cm³/mol. The average molecular weight is 390 g/mol. The van der Waals surface area contributed by atoms with Crippen LogP contribution in [0.1, 0.15) is 31.1 Å². The van der Waals surface area contributed by atoms with Gasteiger partial charge in [0.25, 0.3) is 5.88 Å². The van der Waals surface area contributed by atoms with E-state index >= 15 is 0 Å². The van der Waals surface area contributed by atoms with Gasteiger partial charge in [0.2, 0.25) is 0 Å². The Hall–Kier alpha value is -2.31. The van der Waals surface area contributed by atoms with Crippen LogP contribution in [0.25, 0.3) is 0 Å². The fourth-order valence-electron chi connectivity index (χ4n) is 1.39. The summed E-state index contributed by atoms with van der Waals surface area (Å²) >= 11 is 0. The van der Waals surface area contributed by atoms with Crippen LogP contribution in [-0.4, -0.2) is 43.5 Å². The number of benzene rings is 1. The van der Waals surface area contributed by atoms with Gasteiger partial charge in [0.1, 0.15) is 6.20 Å². The first kappa shape index (κ1) is 16.7. The van der Waals surface area contributed by atoms with Gasteiger partial charge in [-0.25, -0.2) is 14.4 Å². The minimum atomic E-state index is -1.36. The molecule has 0 fully saturated rings. The largest absolute Gasteiger partial charge is 0.478 e. The molecule has 0 aliphatic carbocycles. The Labute approximate surface area is 137 Å². The number of carboxylic acids is 2. The zero-order chi connectivity index (χ0) is 14.7. The van der Waals surface area contributed by atoms with E-state index < -0.39 is 17.9 Å². The average Bonchev–Trinajstić information content (AvgIpc) is 2.90. The maximum atomic E-state index is 11.8. The van der Waals surface area contributed by atoms with E-state index in [-0.39, 0.29) is 49.9 Å². The van der Waals surface area contributed by atoms with Gasteiger partial charge >= 0.3 is 17.9 Å². The number of aromatic carboxylic acids is 2. The summed E-state index contributed by atoms with van der Waals surface area (Å²) in [6.07, 6.45) is 1.14. The van der Waals surface area contributed by atoms with E-state index in [0.29, 0.717) is 0 Å². The zero-order valence-corrected chi connectivity index (χ0v) is 14.5. The standard InChI is InChI=1S/C11H7N3O6.Cd/c15-9(16)5-1-6(10(17)18)3-7(2-5)11(19)20-8-4-12-14-13-8;/h1-4H,(H,15,16)(H,17,18)(H,12,13,14);. The molecule has 3 N–H and O–H groups in total. The maximum Gasteiger partial charge on any atom is 0.345 e. The van der Waals surface area contributed by atoms with Crippen LogP contribution < -0.4 is 4.74 Å². The van der Waals surface area contributed by atoms with Gasteiger partial charge in [0, 0.05) is 27.3 Å². The van der Waals surface area contributed by atoms with E-state index in [1.807, 2.05) is 0 Å². The van der Waals surface area contributed by atoms with Crippen molar-refractivity contribution in [2.24, 2.45) is 0 Å². The third-order valence-electron chi connectivity index (χ3n) is 2.25. The molecule has 10 heteroatoms. The second kappa shape index (κ2) is 6.92.